The smallest absolute Gasteiger partial charge is 0.146 e. The molecular formula is C38H45N3O. The van der Waals surface area contributed by atoms with E-state index in [0.29, 0.717) is 17.5 Å². The minimum atomic E-state index is 0.0564. The van der Waals surface area contributed by atoms with Crippen molar-refractivity contribution < 1.29 is 5.11 Å². The lowest BCUT2D eigenvalue weighted by atomic mass is 9.78. The van der Waals surface area contributed by atoms with Gasteiger partial charge in [0.1, 0.15) is 22.5 Å². The van der Waals surface area contributed by atoms with Crippen LogP contribution in [0.25, 0.3) is 16.7 Å². The van der Waals surface area contributed by atoms with Gasteiger partial charge in [-0.2, -0.15) is 0 Å². The third-order valence-electron chi connectivity index (χ3n) is 8.66. The molecule has 1 aromatic heterocycles. The first-order chi connectivity index (χ1) is 20.5. The Morgan fingerprint density at radius 3 is 1.62 bits per heavy atom. The Bertz CT molecular complexity index is 1530. The molecule has 42 heavy (non-hydrogen) atoms. The van der Waals surface area contributed by atoms with Gasteiger partial charge in [0, 0.05) is 17.4 Å². The van der Waals surface area contributed by atoms with E-state index in [1.54, 1.807) is 4.80 Å². The second kappa shape index (κ2) is 13.8. The molecule has 1 N–H and O–H groups in total. The lowest BCUT2D eigenvalue weighted by Gasteiger charge is -2.27. The quantitative estimate of drug-likeness (QED) is 0.156. The summed E-state index contributed by atoms with van der Waals surface area (Å²) in [6.45, 7) is 9.21. The summed E-state index contributed by atoms with van der Waals surface area (Å²) in [7, 11) is 0. The molecular weight excluding hydrogens is 514 g/mol. The normalized spacial score (nSPS) is 14.5. The lowest BCUT2D eigenvalue weighted by Crippen LogP contribution is -2.13. The highest BCUT2D eigenvalue weighted by atomic mass is 16.3. The molecule has 0 aliphatic heterocycles. The standard InChI is InChI=1S/C38H45N3O/c1-5-15-27(3)23-32(29-17-9-7-10-18-29)31-25-34(33(24-28(4)16-6-2)30-19-11-8-12-20-30)38(42)37(26-31)41-39-35-21-13-14-22-36(35)40-41/h7-14,17-22,25-28,32-33,42H,5-6,15-16,23-24H2,1-4H3. The van der Waals surface area contributed by atoms with Crippen LogP contribution in [0.5, 0.6) is 5.75 Å². The van der Waals surface area contributed by atoms with E-state index in [1.807, 2.05) is 24.3 Å². The Labute approximate surface area is 251 Å². The predicted octanol–water partition coefficient (Wildman–Crippen LogP) is 10.0. The van der Waals surface area contributed by atoms with Crippen LogP contribution in [-0.4, -0.2) is 20.1 Å². The maximum atomic E-state index is 12.1. The van der Waals surface area contributed by atoms with Crippen molar-refractivity contribution in [2.75, 3.05) is 0 Å². The molecule has 5 rings (SSSR count). The van der Waals surface area contributed by atoms with Crippen molar-refractivity contribution in [2.24, 2.45) is 11.8 Å². The summed E-state index contributed by atoms with van der Waals surface area (Å²) < 4.78 is 0. The van der Waals surface area contributed by atoms with Crippen molar-refractivity contribution in [1.29, 1.82) is 0 Å². The van der Waals surface area contributed by atoms with Crippen LogP contribution in [0.1, 0.15) is 100 Å². The minimum absolute atomic E-state index is 0.0564. The number of nitrogens with zero attached hydrogens (tertiary/aromatic N) is 3. The topological polar surface area (TPSA) is 50.9 Å². The molecule has 5 aromatic rings. The van der Waals surface area contributed by atoms with Crippen LogP contribution in [0.2, 0.25) is 0 Å². The van der Waals surface area contributed by atoms with Gasteiger partial charge in [0.05, 0.1) is 0 Å². The fourth-order valence-electron chi connectivity index (χ4n) is 6.55. The fourth-order valence-corrected chi connectivity index (χ4v) is 6.55. The molecule has 0 saturated heterocycles. The summed E-state index contributed by atoms with van der Waals surface area (Å²) in [6.07, 6.45) is 6.67. The zero-order valence-corrected chi connectivity index (χ0v) is 25.6. The maximum Gasteiger partial charge on any atom is 0.146 e. The van der Waals surface area contributed by atoms with Gasteiger partial charge in [0.2, 0.25) is 0 Å². The number of hydrogen-bond donors (Lipinski definition) is 1. The molecule has 0 radical (unpaired) electrons. The molecule has 1 heterocycles. The van der Waals surface area contributed by atoms with Crippen LogP contribution in [0, 0.1) is 11.8 Å². The van der Waals surface area contributed by atoms with Crippen LogP contribution in [0.15, 0.2) is 97.1 Å². The fraction of sp³-hybridized carbons (Fsp3) is 0.368. The third-order valence-corrected chi connectivity index (χ3v) is 8.66. The van der Waals surface area contributed by atoms with Gasteiger partial charge in [-0.1, -0.05) is 132 Å². The van der Waals surface area contributed by atoms with Crippen LogP contribution >= 0.6 is 0 Å². The molecule has 0 spiro atoms. The third kappa shape index (κ3) is 6.75. The van der Waals surface area contributed by atoms with E-state index in [4.69, 9.17) is 10.2 Å². The van der Waals surface area contributed by atoms with E-state index in [2.05, 4.69) is 100 Å². The number of hydrogen-bond acceptors (Lipinski definition) is 3. The van der Waals surface area contributed by atoms with E-state index in [9.17, 15) is 5.11 Å². The van der Waals surface area contributed by atoms with Gasteiger partial charge in [-0.15, -0.1) is 15.0 Å². The van der Waals surface area contributed by atoms with Gasteiger partial charge < -0.3 is 5.11 Å². The first-order valence-electron chi connectivity index (χ1n) is 15.8. The van der Waals surface area contributed by atoms with E-state index < -0.39 is 0 Å². The van der Waals surface area contributed by atoms with Crippen LogP contribution in [0.3, 0.4) is 0 Å². The molecule has 0 aliphatic carbocycles. The van der Waals surface area contributed by atoms with Crippen LogP contribution in [0.4, 0.5) is 0 Å². The first kappa shape index (κ1) is 29.6. The summed E-state index contributed by atoms with van der Waals surface area (Å²) in [6, 6.07) is 33.8. The number of phenols is 1. The minimum Gasteiger partial charge on any atom is -0.505 e. The zero-order chi connectivity index (χ0) is 29.5. The SMILES string of the molecule is CCCC(C)CC(c1ccccc1)c1cc(C(CC(C)CCC)c2ccccc2)c(O)c(-n2nc3ccccc3n2)c1. The molecule has 0 bridgehead atoms. The monoisotopic (exact) mass is 559 g/mol. The number of aromatic nitrogens is 3. The van der Waals surface area contributed by atoms with Crippen molar-refractivity contribution in [2.45, 2.75) is 78.1 Å². The highest BCUT2D eigenvalue weighted by Crippen LogP contribution is 2.43. The maximum absolute atomic E-state index is 12.1. The van der Waals surface area contributed by atoms with Gasteiger partial charge in [-0.3, -0.25) is 0 Å². The second-order valence-corrected chi connectivity index (χ2v) is 12.1. The summed E-state index contributed by atoms with van der Waals surface area (Å²) in [5.74, 6) is 1.61. The summed E-state index contributed by atoms with van der Waals surface area (Å²) in [4.78, 5) is 1.64. The zero-order valence-electron chi connectivity index (χ0n) is 25.6. The Kier molecular flexibility index (Phi) is 9.74. The Morgan fingerprint density at radius 1 is 0.619 bits per heavy atom. The molecule has 4 unspecified atom stereocenters. The van der Waals surface area contributed by atoms with Crippen LogP contribution < -0.4 is 0 Å². The number of benzene rings is 4. The Morgan fingerprint density at radius 2 is 1.10 bits per heavy atom. The highest BCUT2D eigenvalue weighted by Gasteiger charge is 2.27. The summed E-state index contributed by atoms with van der Waals surface area (Å²) in [5.41, 5.74) is 6.98. The van der Waals surface area contributed by atoms with E-state index in [1.165, 1.54) is 29.5 Å². The Balaban J connectivity index is 1.73. The summed E-state index contributed by atoms with van der Waals surface area (Å²) in [5, 5.41) is 21.7. The first-order valence-corrected chi connectivity index (χ1v) is 15.8. The molecule has 0 saturated carbocycles. The molecule has 0 amide bonds. The number of aromatic hydroxyl groups is 1. The highest BCUT2D eigenvalue weighted by molar-refractivity contribution is 5.74. The number of rotatable bonds is 13. The lowest BCUT2D eigenvalue weighted by molar-refractivity contribution is 0.429. The van der Waals surface area contributed by atoms with E-state index >= 15 is 0 Å². The van der Waals surface area contributed by atoms with Crippen molar-refractivity contribution in [3.05, 3.63) is 119 Å². The molecule has 0 aliphatic rings. The van der Waals surface area contributed by atoms with Crippen molar-refractivity contribution in [1.82, 2.24) is 15.0 Å². The van der Waals surface area contributed by atoms with Gasteiger partial charge in [0.15, 0.2) is 0 Å². The van der Waals surface area contributed by atoms with Crippen LogP contribution in [-0.2, 0) is 0 Å². The second-order valence-electron chi connectivity index (χ2n) is 12.1. The van der Waals surface area contributed by atoms with Crippen molar-refractivity contribution >= 4 is 11.0 Å². The average Bonchev–Trinajstić information content (AvgIpc) is 3.44. The Hall–Kier alpha value is -3.92. The van der Waals surface area contributed by atoms with Crippen molar-refractivity contribution in [3.63, 3.8) is 0 Å². The summed E-state index contributed by atoms with van der Waals surface area (Å²) >= 11 is 0. The molecule has 218 valence electrons. The van der Waals surface area contributed by atoms with E-state index in [-0.39, 0.29) is 17.6 Å². The predicted molar refractivity (Wildman–Crippen MR) is 174 cm³/mol. The van der Waals surface area contributed by atoms with Gasteiger partial charge >= 0.3 is 0 Å². The molecule has 4 atom stereocenters. The average molecular weight is 560 g/mol. The molecule has 4 heteroatoms. The van der Waals surface area contributed by atoms with Gasteiger partial charge in [0.25, 0.3) is 0 Å². The van der Waals surface area contributed by atoms with Gasteiger partial charge in [-0.25, -0.2) is 0 Å². The van der Waals surface area contributed by atoms with Crippen molar-refractivity contribution in [3.8, 4) is 11.4 Å². The van der Waals surface area contributed by atoms with E-state index in [0.717, 1.165) is 42.3 Å². The largest absolute Gasteiger partial charge is 0.505 e. The number of phenolic OH excluding ortho intramolecular Hbond substituents is 1. The van der Waals surface area contributed by atoms with Gasteiger partial charge in [-0.05, 0) is 59.6 Å². The molecule has 4 aromatic carbocycles. The number of fused-ring (bicyclic) bond motifs is 1. The molecule has 0 fully saturated rings. The molecule has 4 nitrogen and oxygen atoms in total.